The van der Waals surface area contributed by atoms with Crippen LogP contribution in [0.3, 0.4) is 0 Å². The predicted molar refractivity (Wildman–Crippen MR) is 54.9 cm³/mol. The largest absolute Gasteiger partial charge is 0.349 e. The third-order valence-electron chi connectivity index (χ3n) is 2.20. The third-order valence-corrected chi connectivity index (χ3v) is 2.72. The van der Waals surface area contributed by atoms with Gasteiger partial charge in [-0.1, -0.05) is 20.8 Å². The summed E-state index contributed by atoms with van der Waals surface area (Å²) in [5.41, 5.74) is 0.0103. The second kappa shape index (κ2) is 3.49. The number of rotatable bonds is 3. The minimum absolute atomic E-state index is 0.0517. The minimum atomic E-state index is -0.0517. The van der Waals surface area contributed by atoms with Crippen LogP contribution in [0.15, 0.2) is 0 Å². The fraction of sp³-hybridized carbons (Fsp3) is 0.900. The molecule has 76 valence electrons. The number of amides is 1. The minimum Gasteiger partial charge on any atom is -0.349 e. The molecule has 0 aliphatic heterocycles. The molecule has 0 aromatic rings. The predicted octanol–water partition coefficient (Wildman–Crippen LogP) is 2.31. The molecule has 0 unspecified atom stereocenters. The van der Waals surface area contributed by atoms with Gasteiger partial charge in [0, 0.05) is 12.3 Å². The van der Waals surface area contributed by atoms with Crippen molar-refractivity contribution in [3.05, 3.63) is 0 Å². The standard InChI is InChI=1S/C10H18ClNO/c1-9(2,3)6-8(13)12-10(7-11)4-5-10/h4-7H2,1-3H3,(H,12,13). The smallest absolute Gasteiger partial charge is 0.220 e. The van der Waals surface area contributed by atoms with Crippen LogP contribution in [0.5, 0.6) is 0 Å². The van der Waals surface area contributed by atoms with Gasteiger partial charge in [-0.25, -0.2) is 0 Å². The van der Waals surface area contributed by atoms with E-state index in [0.717, 1.165) is 12.8 Å². The average Bonchev–Trinajstić information content (AvgIpc) is 2.65. The van der Waals surface area contributed by atoms with Crippen molar-refractivity contribution in [3.8, 4) is 0 Å². The van der Waals surface area contributed by atoms with Gasteiger partial charge in [-0.3, -0.25) is 4.79 Å². The van der Waals surface area contributed by atoms with Gasteiger partial charge in [-0.2, -0.15) is 0 Å². The summed E-state index contributed by atoms with van der Waals surface area (Å²) >= 11 is 5.76. The van der Waals surface area contributed by atoms with Crippen LogP contribution in [-0.2, 0) is 4.79 Å². The molecule has 3 heteroatoms. The Morgan fingerprint density at radius 2 is 2.00 bits per heavy atom. The normalized spacial score (nSPS) is 19.7. The molecule has 0 saturated heterocycles. The second-order valence-electron chi connectivity index (χ2n) is 5.20. The lowest BCUT2D eigenvalue weighted by Gasteiger charge is -2.20. The van der Waals surface area contributed by atoms with E-state index in [4.69, 9.17) is 11.6 Å². The maximum absolute atomic E-state index is 11.5. The Bertz CT molecular complexity index is 203. The van der Waals surface area contributed by atoms with Crippen molar-refractivity contribution in [2.24, 2.45) is 5.41 Å². The summed E-state index contributed by atoms with van der Waals surface area (Å²) in [6, 6.07) is 0. The summed E-state index contributed by atoms with van der Waals surface area (Å²) in [7, 11) is 0. The highest BCUT2D eigenvalue weighted by Gasteiger charge is 2.43. The van der Waals surface area contributed by atoms with E-state index < -0.39 is 0 Å². The first-order chi connectivity index (χ1) is 5.87. The lowest BCUT2D eigenvalue weighted by atomic mass is 9.92. The summed E-state index contributed by atoms with van der Waals surface area (Å²) < 4.78 is 0. The first-order valence-electron chi connectivity index (χ1n) is 4.74. The molecule has 1 N–H and O–H groups in total. The lowest BCUT2D eigenvalue weighted by Crippen LogP contribution is -2.39. The fourth-order valence-electron chi connectivity index (χ4n) is 1.26. The van der Waals surface area contributed by atoms with Crippen molar-refractivity contribution in [3.63, 3.8) is 0 Å². The average molecular weight is 204 g/mol. The van der Waals surface area contributed by atoms with Crippen LogP contribution in [0.1, 0.15) is 40.0 Å². The molecule has 0 heterocycles. The van der Waals surface area contributed by atoms with Gasteiger partial charge in [0.25, 0.3) is 0 Å². The van der Waals surface area contributed by atoms with Crippen molar-refractivity contribution in [2.45, 2.75) is 45.6 Å². The zero-order chi connectivity index (χ0) is 10.1. The van der Waals surface area contributed by atoms with Crippen LogP contribution >= 0.6 is 11.6 Å². The first-order valence-corrected chi connectivity index (χ1v) is 5.27. The molecule has 1 rings (SSSR count). The van der Waals surface area contributed by atoms with Crippen molar-refractivity contribution in [1.29, 1.82) is 0 Å². The molecule has 1 aliphatic carbocycles. The highest BCUT2D eigenvalue weighted by molar-refractivity contribution is 6.19. The van der Waals surface area contributed by atoms with E-state index in [1.807, 2.05) is 0 Å². The number of carbonyl (C=O) groups excluding carboxylic acids is 1. The SMILES string of the molecule is CC(C)(C)CC(=O)NC1(CCl)CC1. The van der Waals surface area contributed by atoms with Crippen LogP contribution < -0.4 is 5.32 Å². The second-order valence-corrected chi connectivity index (χ2v) is 5.47. The monoisotopic (exact) mass is 203 g/mol. The number of halogens is 1. The molecule has 1 aliphatic rings. The van der Waals surface area contributed by atoms with E-state index in [1.165, 1.54) is 0 Å². The van der Waals surface area contributed by atoms with Crippen LogP contribution in [0, 0.1) is 5.41 Å². The van der Waals surface area contributed by atoms with Crippen LogP contribution in [0.2, 0.25) is 0 Å². The van der Waals surface area contributed by atoms with E-state index in [1.54, 1.807) is 0 Å². The van der Waals surface area contributed by atoms with E-state index in [0.29, 0.717) is 12.3 Å². The van der Waals surface area contributed by atoms with Gasteiger partial charge in [0.15, 0.2) is 0 Å². The summed E-state index contributed by atoms with van der Waals surface area (Å²) in [5, 5.41) is 3.00. The van der Waals surface area contributed by atoms with Crippen molar-refractivity contribution < 1.29 is 4.79 Å². The van der Waals surface area contributed by atoms with E-state index >= 15 is 0 Å². The molecule has 0 atom stereocenters. The Hall–Kier alpha value is -0.240. The first kappa shape index (κ1) is 10.8. The molecule has 0 bridgehead atoms. The van der Waals surface area contributed by atoms with Crippen molar-refractivity contribution in [1.82, 2.24) is 5.32 Å². The number of hydrogen-bond acceptors (Lipinski definition) is 1. The summed E-state index contributed by atoms with van der Waals surface area (Å²) in [4.78, 5) is 11.5. The van der Waals surface area contributed by atoms with Crippen LogP contribution in [-0.4, -0.2) is 17.3 Å². The van der Waals surface area contributed by atoms with Gasteiger partial charge >= 0.3 is 0 Å². The summed E-state index contributed by atoms with van der Waals surface area (Å²) in [6.07, 6.45) is 2.64. The molecule has 0 radical (unpaired) electrons. The van der Waals surface area contributed by atoms with Gasteiger partial charge in [-0.05, 0) is 18.3 Å². The number of alkyl halides is 1. The Balaban J connectivity index is 2.34. The van der Waals surface area contributed by atoms with E-state index in [-0.39, 0.29) is 16.9 Å². The molecule has 1 saturated carbocycles. The Morgan fingerprint density at radius 1 is 1.46 bits per heavy atom. The highest BCUT2D eigenvalue weighted by atomic mass is 35.5. The highest BCUT2D eigenvalue weighted by Crippen LogP contribution is 2.36. The van der Waals surface area contributed by atoms with Crippen LogP contribution in [0.25, 0.3) is 0 Å². The van der Waals surface area contributed by atoms with Gasteiger partial charge in [0.1, 0.15) is 0 Å². The number of hydrogen-bond donors (Lipinski definition) is 1. The van der Waals surface area contributed by atoms with Gasteiger partial charge in [0.05, 0.1) is 5.54 Å². The van der Waals surface area contributed by atoms with Gasteiger partial charge < -0.3 is 5.32 Å². The molecule has 0 aromatic carbocycles. The summed E-state index contributed by atoms with van der Waals surface area (Å²) in [5.74, 6) is 0.675. The maximum Gasteiger partial charge on any atom is 0.220 e. The Morgan fingerprint density at radius 3 is 2.31 bits per heavy atom. The molecule has 13 heavy (non-hydrogen) atoms. The molecule has 0 spiro atoms. The summed E-state index contributed by atoms with van der Waals surface area (Å²) in [6.45, 7) is 6.19. The topological polar surface area (TPSA) is 29.1 Å². The molecule has 0 aromatic heterocycles. The zero-order valence-electron chi connectivity index (χ0n) is 8.61. The van der Waals surface area contributed by atoms with Crippen molar-refractivity contribution >= 4 is 17.5 Å². The van der Waals surface area contributed by atoms with E-state index in [9.17, 15) is 4.79 Å². The van der Waals surface area contributed by atoms with Crippen molar-refractivity contribution in [2.75, 3.05) is 5.88 Å². The number of carbonyl (C=O) groups is 1. The molecule has 1 amide bonds. The quantitative estimate of drug-likeness (QED) is 0.701. The zero-order valence-corrected chi connectivity index (χ0v) is 9.37. The fourth-order valence-corrected chi connectivity index (χ4v) is 1.60. The number of nitrogens with one attached hydrogen (secondary N) is 1. The molecular formula is C10H18ClNO. The van der Waals surface area contributed by atoms with Gasteiger partial charge in [0.2, 0.25) is 5.91 Å². The van der Waals surface area contributed by atoms with Crippen LogP contribution in [0.4, 0.5) is 0 Å². The lowest BCUT2D eigenvalue weighted by molar-refractivity contribution is -0.123. The Kier molecular flexibility index (Phi) is 2.91. The molecular weight excluding hydrogens is 186 g/mol. The molecule has 1 fully saturated rings. The Labute approximate surface area is 85.0 Å². The third kappa shape index (κ3) is 3.55. The van der Waals surface area contributed by atoms with Gasteiger partial charge in [-0.15, -0.1) is 11.6 Å². The van der Waals surface area contributed by atoms with E-state index in [2.05, 4.69) is 26.1 Å². The maximum atomic E-state index is 11.5. The molecule has 2 nitrogen and oxygen atoms in total.